The molecule has 0 unspecified atom stereocenters. The van der Waals surface area contributed by atoms with Crippen molar-refractivity contribution in [2.75, 3.05) is 20.1 Å². The fourth-order valence-electron chi connectivity index (χ4n) is 0.443. The third-order valence-electron chi connectivity index (χ3n) is 0.766. The molecule has 3 nitrogen and oxygen atoms in total. The topological polar surface area (TPSA) is 40.5 Å². The summed E-state index contributed by atoms with van der Waals surface area (Å²) in [5, 5.41) is 8.20. The van der Waals surface area contributed by atoms with Gasteiger partial charge in [0.15, 0.2) is 0 Å². The van der Waals surface area contributed by atoms with Crippen LogP contribution in [0.5, 0.6) is 0 Å². The molecule has 0 fully saturated rings. The number of aliphatic carboxylic acids is 1. The number of terminal acetylenes is 1. The first-order chi connectivity index (χ1) is 4.16. The molecule has 0 heterocycles. The van der Waals surface area contributed by atoms with Crippen molar-refractivity contribution in [1.29, 1.82) is 0 Å². The summed E-state index contributed by atoms with van der Waals surface area (Å²) in [5.74, 6) is 1.48. The summed E-state index contributed by atoms with van der Waals surface area (Å²) in [6, 6.07) is 0. The molecule has 0 aromatic heterocycles. The summed E-state index contributed by atoms with van der Waals surface area (Å²) in [4.78, 5) is 11.5. The van der Waals surface area contributed by atoms with Gasteiger partial charge in [-0.05, 0) is 7.05 Å². The van der Waals surface area contributed by atoms with Crippen molar-refractivity contribution in [2.45, 2.75) is 0 Å². The lowest BCUT2D eigenvalue weighted by atomic mass is 10.5. The first-order valence-electron chi connectivity index (χ1n) is 2.50. The predicted octanol–water partition coefficient (Wildman–Crippen LogP) is -0.364. The lowest BCUT2D eigenvalue weighted by Crippen LogP contribution is -2.25. The number of likely N-dealkylation sites (N-methyl/N-ethyl adjacent to an activating group) is 1. The highest BCUT2D eigenvalue weighted by molar-refractivity contribution is 5.69. The van der Waals surface area contributed by atoms with Gasteiger partial charge in [0.05, 0.1) is 13.1 Å². The van der Waals surface area contributed by atoms with Gasteiger partial charge in [-0.3, -0.25) is 9.69 Å². The zero-order valence-corrected chi connectivity index (χ0v) is 5.29. The molecular weight excluding hydrogens is 118 g/mol. The fourth-order valence-corrected chi connectivity index (χ4v) is 0.443. The predicted molar refractivity (Wildman–Crippen MR) is 34.0 cm³/mol. The SMILES string of the molecule is C#CCN(C)CC(=O)O. The molecular formula is C6H9NO2. The average Bonchev–Trinajstić information content (AvgIpc) is 1.63. The van der Waals surface area contributed by atoms with Crippen molar-refractivity contribution in [3.63, 3.8) is 0 Å². The molecule has 0 aliphatic carbocycles. The van der Waals surface area contributed by atoms with Crippen LogP contribution in [0, 0.1) is 12.3 Å². The van der Waals surface area contributed by atoms with Crippen LogP contribution in [0.25, 0.3) is 0 Å². The lowest BCUT2D eigenvalue weighted by Gasteiger charge is -2.07. The second-order valence-corrected chi connectivity index (χ2v) is 1.77. The van der Waals surface area contributed by atoms with E-state index in [1.807, 2.05) is 0 Å². The minimum absolute atomic E-state index is 0.00417. The number of carboxylic acids is 1. The van der Waals surface area contributed by atoms with Crippen LogP contribution >= 0.6 is 0 Å². The van der Waals surface area contributed by atoms with Gasteiger partial charge in [0.2, 0.25) is 0 Å². The summed E-state index contributed by atoms with van der Waals surface area (Å²) >= 11 is 0. The molecule has 0 amide bonds. The minimum atomic E-state index is -0.854. The van der Waals surface area contributed by atoms with Crippen molar-refractivity contribution in [1.82, 2.24) is 4.90 Å². The molecule has 0 saturated carbocycles. The number of hydrogen-bond donors (Lipinski definition) is 1. The molecule has 3 heteroatoms. The standard InChI is InChI=1S/C6H9NO2/c1-3-4-7(2)5-6(8)9/h1H,4-5H2,2H3,(H,8,9). The molecule has 0 aromatic carbocycles. The number of hydrogen-bond acceptors (Lipinski definition) is 2. The second kappa shape index (κ2) is 3.93. The molecule has 0 atom stereocenters. The average molecular weight is 127 g/mol. The maximum absolute atomic E-state index is 9.97. The molecule has 0 aromatic rings. The van der Waals surface area contributed by atoms with Gasteiger partial charge in [-0.2, -0.15) is 0 Å². The maximum Gasteiger partial charge on any atom is 0.317 e. The van der Waals surface area contributed by atoms with Gasteiger partial charge < -0.3 is 5.11 Å². The minimum Gasteiger partial charge on any atom is -0.480 e. The Morgan fingerprint density at radius 3 is 2.78 bits per heavy atom. The second-order valence-electron chi connectivity index (χ2n) is 1.77. The molecule has 0 rings (SSSR count). The van der Waals surface area contributed by atoms with E-state index in [-0.39, 0.29) is 6.54 Å². The molecule has 0 aliphatic heterocycles. The van der Waals surface area contributed by atoms with Crippen molar-refractivity contribution < 1.29 is 9.90 Å². The third kappa shape index (κ3) is 4.85. The zero-order valence-electron chi connectivity index (χ0n) is 5.29. The van der Waals surface area contributed by atoms with E-state index in [1.165, 1.54) is 0 Å². The van der Waals surface area contributed by atoms with E-state index < -0.39 is 5.97 Å². The van der Waals surface area contributed by atoms with Gasteiger partial charge in [0, 0.05) is 0 Å². The first-order valence-corrected chi connectivity index (χ1v) is 2.50. The quantitative estimate of drug-likeness (QED) is 0.526. The molecule has 0 spiro atoms. The van der Waals surface area contributed by atoms with Gasteiger partial charge in [-0.1, -0.05) is 5.92 Å². The highest BCUT2D eigenvalue weighted by Gasteiger charge is 1.99. The third-order valence-corrected chi connectivity index (χ3v) is 0.766. The van der Waals surface area contributed by atoms with Crippen LogP contribution in [-0.2, 0) is 4.79 Å². The summed E-state index contributed by atoms with van der Waals surface area (Å²) < 4.78 is 0. The van der Waals surface area contributed by atoms with Crippen LogP contribution < -0.4 is 0 Å². The van der Waals surface area contributed by atoms with E-state index in [0.717, 1.165) is 0 Å². The summed E-state index contributed by atoms with van der Waals surface area (Å²) in [7, 11) is 1.66. The normalized spacial score (nSPS) is 9.00. The highest BCUT2D eigenvalue weighted by atomic mass is 16.4. The van der Waals surface area contributed by atoms with Crippen LogP contribution in [0.3, 0.4) is 0 Å². The zero-order chi connectivity index (χ0) is 7.28. The maximum atomic E-state index is 9.97. The Bertz CT molecular complexity index is 136. The van der Waals surface area contributed by atoms with E-state index >= 15 is 0 Å². The Hall–Kier alpha value is -1.01. The summed E-state index contributed by atoms with van der Waals surface area (Å²) in [5.41, 5.74) is 0. The lowest BCUT2D eigenvalue weighted by molar-refractivity contribution is -0.137. The number of carbonyl (C=O) groups is 1. The van der Waals surface area contributed by atoms with Gasteiger partial charge >= 0.3 is 5.97 Å². The Morgan fingerprint density at radius 2 is 2.44 bits per heavy atom. The van der Waals surface area contributed by atoms with Crippen LogP contribution in [0.4, 0.5) is 0 Å². The van der Waals surface area contributed by atoms with Crippen molar-refractivity contribution in [3.05, 3.63) is 0 Å². The van der Waals surface area contributed by atoms with Crippen LogP contribution in [0.15, 0.2) is 0 Å². The van der Waals surface area contributed by atoms with Crippen molar-refractivity contribution in [2.24, 2.45) is 0 Å². The number of nitrogens with zero attached hydrogens (tertiary/aromatic N) is 1. The van der Waals surface area contributed by atoms with E-state index in [2.05, 4.69) is 5.92 Å². The van der Waals surface area contributed by atoms with Gasteiger partial charge in [0.25, 0.3) is 0 Å². The van der Waals surface area contributed by atoms with Gasteiger partial charge in [0.1, 0.15) is 0 Å². The highest BCUT2D eigenvalue weighted by Crippen LogP contribution is 1.77. The van der Waals surface area contributed by atoms with E-state index in [9.17, 15) is 4.79 Å². The molecule has 0 radical (unpaired) electrons. The number of rotatable bonds is 3. The Kier molecular flexibility index (Phi) is 3.49. The molecule has 0 bridgehead atoms. The molecule has 0 aliphatic rings. The summed E-state index contributed by atoms with van der Waals surface area (Å²) in [6.07, 6.45) is 4.92. The largest absolute Gasteiger partial charge is 0.480 e. The van der Waals surface area contributed by atoms with Crippen molar-refractivity contribution in [3.8, 4) is 12.3 Å². The molecule has 50 valence electrons. The van der Waals surface area contributed by atoms with Crippen molar-refractivity contribution >= 4 is 5.97 Å². The van der Waals surface area contributed by atoms with Gasteiger partial charge in [-0.25, -0.2) is 0 Å². The monoisotopic (exact) mass is 127 g/mol. The first kappa shape index (κ1) is 7.99. The van der Waals surface area contributed by atoms with Crippen LogP contribution in [-0.4, -0.2) is 36.1 Å². The Morgan fingerprint density at radius 1 is 1.89 bits per heavy atom. The number of carboxylic acid groups (broad SMARTS) is 1. The summed E-state index contributed by atoms with van der Waals surface area (Å²) in [6.45, 7) is 0.385. The van der Waals surface area contributed by atoms with E-state index in [1.54, 1.807) is 11.9 Å². The smallest absolute Gasteiger partial charge is 0.317 e. The van der Waals surface area contributed by atoms with E-state index in [4.69, 9.17) is 11.5 Å². The van der Waals surface area contributed by atoms with Gasteiger partial charge in [-0.15, -0.1) is 6.42 Å². The molecule has 0 saturated heterocycles. The molecule has 1 N–H and O–H groups in total. The van der Waals surface area contributed by atoms with Crippen LogP contribution in [0.1, 0.15) is 0 Å². The van der Waals surface area contributed by atoms with Crippen LogP contribution in [0.2, 0.25) is 0 Å². The van der Waals surface area contributed by atoms with E-state index in [0.29, 0.717) is 6.54 Å². The molecule has 9 heavy (non-hydrogen) atoms. The Balaban J connectivity index is 3.40. The Labute approximate surface area is 54.3 Å². The fraction of sp³-hybridized carbons (Fsp3) is 0.500.